The molecule has 88 valence electrons. The summed E-state index contributed by atoms with van der Waals surface area (Å²) in [7, 11) is 2.14. The van der Waals surface area contributed by atoms with Crippen LogP contribution in [-0.4, -0.2) is 59.8 Å². The third-order valence-electron chi connectivity index (χ3n) is 3.25. The van der Waals surface area contributed by atoms with Crippen LogP contribution in [0, 0.1) is 0 Å². The molecule has 2 fully saturated rings. The minimum absolute atomic E-state index is 0.207. The number of aliphatic hydroxyl groups is 1. The Hall–Kier alpha value is 0.230. The maximum atomic E-state index is 9.85. The molecule has 0 bridgehead atoms. The monoisotopic (exact) mass is 230 g/mol. The van der Waals surface area contributed by atoms with Crippen LogP contribution in [0.15, 0.2) is 0 Å². The van der Waals surface area contributed by atoms with Crippen molar-refractivity contribution in [2.24, 2.45) is 0 Å². The van der Waals surface area contributed by atoms with Crippen LogP contribution in [0.5, 0.6) is 0 Å². The molecule has 0 radical (unpaired) electrons. The number of aliphatic hydroxyl groups excluding tert-OH is 1. The minimum atomic E-state index is -0.207. The van der Waals surface area contributed by atoms with Crippen molar-refractivity contribution in [3.8, 4) is 0 Å². The van der Waals surface area contributed by atoms with Crippen molar-refractivity contribution >= 4 is 11.8 Å². The van der Waals surface area contributed by atoms with E-state index in [0.717, 1.165) is 13.1 Å². The number of nitrogens with one attached hydrogen (secondary N) is 1. The summed E-state index contributed by atoms with van der Waals surface area (Å²) >= 11 is 2.03. The largest absolute Gasteiger partial charge is 0.390 e. The van der Waals surface area contributed by atoms with E-state index in [0.29, 0.717) is 12.1 Å². The number of hydrogen-bond acceptors (Lipinski definition) is 4. The molecule has 2 aliphatic rings. The van der Waals surface area contributed by atoms with Gasteiger partial charge in [-0.2, -0.15) is 11.8 Å². The standard InChI is InChI=1S/C11H22N2OS/c1-13(10-4-5-15-8-10)7-11(14)6-12-9-2-3-9/h9-12,14H,2-8H2,1H3. The first-order chi connectivity index (χ1) is 7.25. The maximum Gasteiger partial charge on any atom is 0.0791 e. The molecule has 1 aliphatic heterocycles. The van der Waals surface area contributed by atoms with Crippen LogP contribution in [0.25, 0.3) is 0 Å². The summed E-state index contributed by atoms with van der Waals surface area (Å²) in [5.41, 5.74) is 0. The lowest BCUT2D eigenvalue weighted by Crippen LogP contribution is -2.41. The molecular weight excluding hydrogens is 208 g/mol. The SMILES string of the molecule is CN(CC(O)CNC1CC1)C1CCSC1. The minimum Gasteiger partial charge on any atom is -0.390 e. The topological polar surface area (TPSA) is 35.5 Å². The van der Waals surface area contributed by atoms with Crippen LogP contribution in [0.1, 0.15) is 19.3 Å². The van der Waals surface area contributed by atoms with Crippen molar-refractivity contribution in [3.05, 3.63) is 0 Å². The Morgan fingerprint density at radius 1 is 1.47 bits per heavy atom. The van der Waals surface area contributed by atoms with Gasteiger partial charge in [0, 0.05) is 30.9 Å². The molecule has 1 aliphatic carbocycles. The van der Waals surface area contributed by atoms with Gasteiger partial charge in [-0.3, -0.25) is 4.90 Å². The Labute approximate surface area is 96.6 Å². The van der Waals surface area contributed by atoms with E-state index in [1.165, 1.54) is 30.8 Å². The van der Waals surface area contributed by atoms with E-state index in [-0.39, 0.29) is 6.10 Å². The summed E-state index contributed by atoms with van der Waals surface area (Å²) in [5.74, 6) is 2.52. The Balaban J connectivity index is 1.60. The predicted octanol–water partition coefficient (Wildman–Crippen LogP) is 0.537. The molecule has 2 rings (SSSR count). The van der Waals surface area contributed by atoms with Crippen LogP contribution in [-0.2, 0) is 0 Å². The second kappa shape index (κ2) is 5.53. The number of nitrogens with zero attached hydrogens (tertiary/aromatic N) is 1. The first-order valence-electron chi connectivity index (χ1n) is 5.95. The van der Waals surface area contributed by atoms with Gasteiger partial charge in [0.1, 0.15) is 0 Å². The number of rotatable bonds is 6. The summed E-state index contributed by atoms with van der Waals surface area (Å²) in [6.45, 7) is 1.57. The fourth-order valence-electron chi connectivity index (χ4n) is 2.01. The van der Waals surface area contributed by atoms with Crippen molar-refractivity contribution < 1.29 is 5.11 Å². The molecule has 1 saturated heterocycles. The third kappa shape index (κ3) is 3.94. The highest BCUT2D eigenvalue weighted by Crippen LogP contribution is 2.21. The van der Waals surface area contributed by atoms with E-state index < -0.39 is 0 Å². The lowest BCUT2D eigenvalue weighted by Gasteiger charge is -2.26. The number of likely N-dealkylation sites (N-methyl/N-ethyl adjacent to an activating group) is 1. The Bertz CT molecular complexity index is 193. The molecule has 0 spiro atoms. The highest BCUT2D eigenvalue weighted by Gasteiger charge is 2.24. The molecule has 2 N–H and O–H groups in total. The first kappa shape index (κ1) is 11.7. The zero-order valence-corrected chi connectivity index (χ0v) is 10.3. The van der Waals surface area contributed by atoms with E-state index in [4.69, 9.17) is 0 Å². The van der Waals surface area contributed by atoms with Crippen molar-refractivity contribution in [1.29, 1.82) is 0 Å². The molecule has 4 heteroatoms. The molecule has 0 aromatic carbocycles. The van der Waals surface area contributed by atoms with Gasteiger partial charge in [-0.15, -0.1) is 0 Å². The summed E-state index contributed by atoms with van der Waals surface area (Å²) in [6.07, 6.45) is 3.66. The number of thioether (sulfide) groups is 1. The normalized spacial score (nSPS) is 28.6. The molecule has 0 aromatic rings. The van der Waals surface area contributed by atoms with Gasteiger partial charge in [0.05, 0.1) is 6.10 Å². The van der Waals surface area contributed by atoms with Crippen molar-refractivity contribution in [2.45, 2.75) is 37.5 Å². The summed E-state index contributed by atoms with van der Waals surface area (Å²) in [6, 6.07) is 1.39. The molecule has 15 heavy (non-hydrogen) atoms. The van der Waals surface area contributed by atoms with Gasteiger partial charge in [0.25, 0.3) is 0 Å². The van der Waals surface area contributed by atoms with E-state index >= 15 is 0 Å². The second-order valence-electron chi connectivity index (χ2n) is 4.79. The van der Waals surface area contributed by atoms with Gasteiger partial charge >= 0.3 is 0 Å². The lowest BCUT2D eigenvalue weighted by molar-refractivity contribution is 0.108. The van der Waals surface area contributed by atoms with Crippen LogP contribution in [0.2, 0.25) is 0 Å². The lowest BCUT2D eigenvalue weighted by atomic mass is 10.2. The van der Waals surface area contributed by atoms with Gasteiger partial charge in [0.15, 0.2) is 0 Å². The van der Waals surface area contributed by atoms with Crippen LogP contribution in [0.3, 0.4) is 0 Å². The van der Waals surface area contributed by atoms with Gasteiger partial charge in [-0.05, 0) is 32.1 Å². The van der Waals surface area contributed by atoms with Gasteiger partial charge < -0.3 is 10.4 Å². The van der Waals surface area contributed by atoms with E-state index in [9.17, 15) is 5.11 Å². The van der Waals surface area contributed by atoms with Crippen molar-refractivity contribution in [2.75, 3.05) is 31.6 Å². The second-order valence-corrected chi connectivity index (χ2v) is 5.94. The molecule has 2 unspecified atom stereocenters. The highest BCUT2D eigenvalue weighted by atomic mass is 32.2. The zero-order chi connectivity index (χ0) is 10.7. The van der Waals surface area contributed by atoms with Crippen molar-refractivity contribution in [3.63, 3.8) is 0 Å². The fourth-order valence-corrected chi connectivity index (χ4v) is 3.30. The third-order valence-corrected chi connectivity index (χ3v) is 4.39. The summed E-state index contributed by atoms with van der Waals surface area (Å²) in [4.78, 5) is 2.32. The smallest absolute Gasteiger partial charge is 0.0791 e. The molecule has 2 atom stereocenters. The fraction of sp³-hybridized carbons (Fsp3) is 1.00. The average molecular weight is 230 g/mol. The van der Waals surface area contributed by atoms with Crippen molar-refractivity contribution in [1.82, 2.24) is 10.2 Å². The molecule has 1 saturated carbocycles. The van der Waals surface area contributed by atoms with E-state index in [1.54, 1.807) is 0 Å². The predicted molar refractivity (Wildman–Crippen MR) is 65.4 cm³/mol. The highest BCUT2D eigenvalue weighted by molar-refractivity contribution is 7.99. The van der Waals surface area contributed by atoms with E-state index in [2.05, 4.69) is 17.3 Å². The van der Waals surface area contributed by atoms with Gasteiger partial charge in [0.2, 0.25) is 0 Å². The Morgan fingerprint density at radius 3 is 2.87 bits per heavy atom. The molecule has 3 nitrogen and oxygen atoms in total. The van der Waals surface area contributed by atoms with Gasteiger partial charge in [-0.1, -0.05) is 0 Å². The summed E-state index contributed by atoms with van der Waals surface area (Å²) < 4.78 is 0. The first-order valence-corrected chi connectivity index (χ1v) is 7.10. The molecular formula is C11H22N2OS. The molecule has 1 heterocycles. The van der Waals surface area contributed by atoms with Crippen LogP contribution in [0.4, 0.5) is 0 Å². The molecule has 0 aromatic heterocycles. The van der Waals surface area contributed by atoms with E-state index in [1.807, 2.05) is 11.8 Å². The maximum absolute atomic E-state index is 9.85. The Morgan fingerprint density at radius 2 is 2.27 bits per heavy atom. The number of hydrogen-bond donors (Lipinski definition) is 2. The average Bonchev–Trinajstić information content (AvgIpc) is 2.87. The summed E-state index contributed by atoms with van der Waals surface area (Å²) in [5, 5.41) is 13.2. The van der Waals surface area contributed by atoms with Crippen LogP contribution < -0.4 is 5.32 Å². The van der Waals surface area contributed by atoms with Gasteiger partial charge in [-0.25, -0.2) is 0 Å². The van der Waals surface area contributed by atoms with Crippen LogP contribution >= 0.6 is 11.8 Å². The molecule has 0 amide bonds. The quantitative estimate of drug-likeness (QED) is 0.698. The zero-order valence-electron chi connectivity index (χ0n) is 9.48. The Kier molecular flexibility index (Phi) is 4.31.